The van der Waals surface area contributed by atoms with E-state index in [0.29, 0.717) is 34.9 Å². The minimum atomic E-state index is 0.104. The van der Waals surface area contributed by atoms with E-state index in [0.717, 1.165) is 105 Å². The fourth-order valence-electron chi connectivity index (χ4n) is 19.5. The Labute approximate surface area is 673 Å². The minimum Gasteiger partial charge on any atom is -0.456 e. The van der Waals surface area contributed by atoms with E-state index < -0.39 is 0 Å². The lowest BCUT2D eigenvalue weighted by molar-refractivity contribution is 0.353. The summed E-state index contributed by atoms with van der Waals surface area (Å²) in [5.41, 5.74) is 32.6. The van der Waals surface area contributed by atoms with Gasteiger partial charge in [-0.3, -0.25) is 0 Å². The molecule has 8 heteroatoms. The molecule has 19 aromatic rings. The maximum absolute atomic E-state index is 6.30. The Hall–Kier alpha value is -14.1. The summed E-state index contributed by atoms with van der Waals surface area (Å²) >= 11 is 0. The van der Waals surface area contributed by atoms with E-state index in [1.165, 1.54) is 137 Å². The van der Waals surface area contributed by atoms with Crippen LogP contribution in [0.5, 0.6) is 0 Å². The molecule has 0 atom stereocenters. The summed E-state index contributed by atoms with van der Waals surface area (Å²) in [6.07, 6.45) is 12.7. The first-order valence-corrected chi connectivity index (χ1v) is 40.9. The van der Waals surface area contributed by atoms with Crippen molar-refractivity contribution in [3.63, 3.8) is 0 Å². The highest BCUT2D eigenvalue weighted by Crippen LogP contribution is 2.60. The van der Waals surface area contributed by atoms with Gasteiger partial charge in [0, 0.05) is 65.8 Å². The van der Waals surface area contributed by atoms with Crippen molar-refractivity contribution in [3.05, 3.63) is 374 Å². The van der Waals surface area contributed by atoms with Gasteiger partial charge in [0.25, 0.3) is 0 Å². The third kappa shape index (κ3) is 12.0. The smallest absolute Gasteiger partial charge is 0.164 e. The zero-order valence-electron chi connectivity index (χ0n) is 64.1. The van der Waals surface area contributed by atoms with Crippen LogP contribution >= 0.6 is 0 Å². The number of benzene rings is 15. The molecule has 0 radical (unpaired) electrons. The molecule has 552 valence electrons. The Morgan fingerprint density at radius 3 is 0.922 bits per heavy atom. The van der Waals surface area contributed by atoms with Crippen LogP contribution in [0.3, 0.4) is 0 Å². The van der Waals surface area contributed by atoms with Gasteiger partial charge in [-0.2, -0.15) is 0 Å². The maximum Gasteiger partial charge on any atom is 0.164 e. The average molecular weight is 1490 g/mol. The summed E-state index contributed by atoms with van der Waals surface area (Å²) in [5, 5.41) is 4.33. The van der Waals surface area contributed by atoms with Crippen LogP contribution in [-0.2, 0) is 10.8 Å². The van der Waals surface area contributed by atoms with Gasteiger partial charge in [0.05, 0.1) is 0 Å². The third-order valence-corrected chi connectivity index (χ3v) is 25.1. The lowest BCUT2D eigenvalue weighted by Gasteiger charge is -2.36. The SMILES string of the molecule is c1ccc(-c2ccc(-c3nc(-c4cccc(-c5cccc6c5-c5ccccc5C65CCCCC5)c4)nc(-c4ccc5c(c4)oc4ccccc45)n3)cc2)cc1.c1ccc(-c2cccc(-c3nc(-c4ccc(-c5ccc(-c6cccc7c6-c6ccccc6C76CCCCC6)cc5)cc4)nc(-c4ccc5c(c4)oc4ccccc45)n3)c2)cc1. The quantitative estimate of drug-likeness (QED) is 0.126. The van der Waals surface area contributed by atoms with Crippen LogP contribution in [0.2, 0.25) is 0 Å². The second-order valence-corrected chi connectivity index (χ2v) is 31.7. The number of hydrogen-bond acceptors (Lipinski definition) is 8. The first-order valence-electron chi connectivity index (χ1n) is 40.9. The molecule has 0 N–H and O–H groups in total. The van der Waals surface area contributed by atoms with Crippen molar-refractivity contribution in [2.45, 2.75) is 75.0 Å². The summed E-state index contributed by atoms with van der Waals surface area (Å²) in [6.45, 7) is 0. The predicted octanol–water partition coefficient (Wildman–Crippen LogP) is 28.3. The average Bonchev–Trinajstić information content (AvgIpc) is 1.56. The molecule has 8 nitrogen and oxygen atoms in total. The highest BCUT2D eigenvalue weighted by Gasteiger charge is 2.46. The van der Waals surface area contributed by atoms with Crippen LogP contribution in [0, 0.1) is 0 Å². The molecule has 0 unspecified atom stereocenters. The molecule has 116 heavy (non-hydrogen) atoms. The number of para-hydroxylation sites is 2. The highest BCUT2D eigenvalue weighted by atomic mass is 16.3. The second-order valence-electron chi connectivity index (χ2n) is 31.7. The molecule has 2 spiro atoms. The second kappa shape index (κ2) is 28.5. The van der Waals surface area contributed by atoms with Crippen LogP contribution in [0.1, 0.15) is 86.5 Å². The number of furan rings is 2. The molecule has 2 saturated carbocycles. The molecule has 4 aliphatic carbocycles. The number of hydrogen-bond donors (Lipinski definition) is 0. The zero-order valence-corrected chi connectivity index (χ0v) is 64.1. The minimum absolute atomic E-state index is 0.104. The first-order chi connectivity index (χ1) is 57.4. The van der Waals surface area contributed by atoms with Crippen LogP contribution in [0.15, 0.2) is 361 Å². The molecule has 15 aromatic carbocycles. The maximum atomic E-state index is 6.30. The molecule has 4 aromatic heterocycles. The number of nitrogens with zero attached hydrogens (tertiary/aromatic N) is 6. The normalized spacial score (nSPS) is 14.2. The summed E-state index contributed by atoms with van der Waals surface area (Å²) in [6, 6.07) is 125. The molecule has 0 amide bonds. The monoisotopic (exact) mass is 1490 g/mol. The van der Waals surface area contributed by atoms with Crippen molar-refractivity contribution >= 4 is 43.9 Å². The fraction of sp³-hybridized carbons (Fsp3) is 0.111. The Kier molecular flexibility index (Phi) is 16.9. The van der Waals surface area contributed by atoms with Gasteiger partial charge in [0.1, 0.15) is 22.3 Å². The third-order valence-electron chi connectivity index (χ3n) is 25.1. The van der Waals surface area contributed by atoms with E-state index in [1.807, 2.05) is 54.6 Å². The largest absolute Gasteiger partial charge is 0.456 e. The predicted molar refractivity (Wildman–Crippen MR) is 473 cm³/mol. The Morgan fingerprint density at radius 1 is 0.181 bits per heavy atom. The molecular weight excluding hydrogens is 1410 g/mol. The van der Waals surface area contributed by atoms with Crippen molar-refractivity contribution in [1.29, 1.82) is 0 Å². The standard InChI is InChI=1S/C57H41N3O.C51H37N3O/c1-3-13-37(14-4-1)42-15-11-16-43(35-42)55-58-54(59-56(60-55)44-31-32-47-46-17-6-8-22-51(46)61-52(47)36-44)41-29-25-39(26-30-41)38-23-27-40(28-24-38)45-19-12-21-50-53(45)48-18-5-7-20-49(48)57(50)33-9-2-10-34-57;1-3-13-33(14-4-1)34-23-25-35(26-24-34)48-52-49(54-50(53-48)38-27-28-41-40-17-6-8-22-45(40)55-46(41)32-38)37-16-11-15-36(31-37)39-19-12-21-44-47(39)42-18-5-7-20-43(42)51(44)29-9-2-10-30-51/h1,3-8,11-32,35-36H,2,9-10,33-34H2;1,3-8,11-28,31-32H,2,9-10,29-30H2. The molecule has 0 aliphatic heterocycles. The lowest BCUT2D eigenvalue weighted by atomic mass is 9.68. The molecule has 2 fully saturated rings. The van der Waals surface area contributed by atoms with Gasteiger partial charge >= 0.3 is 0 Å². The van der Waals surface area contributed by atoms with E-state index in [9.17, 15) is 0 Å². The van der Waals surface area contributed by atoms with Crippen LogP contribution in [-0.4, -0.2) is 29.9 Å². The summed E-state index contributed by atoms with van der Waals surface area (Å²) in [4.78, 5) is 30.7. The Balaban J connectivity index is 0.000000141. The lowest BCUT2D eigenvalue weighted by Crippen LogP contribution is -2.27. The van der Waals surface area contributed by atoms with E-state index in [1.54, 1.807) is 0 Å². The summed E-state index contributed by atoms with van der Waals surface area (Å²) in [5.74, 6) is 3.70. The number of aromatic nitrogens is 6. The van der Waals surface area contributed by atoms with Gasteiger partial charge < -0.3 is 8.83 Å². The Bertz CT molecular complexity index is 7010. The van der Waals surface area contributed by atoms with E-state index in [2.05, 4.69) is 297 Å². The van der Waals surface area contributed by atoms with Crippen LogP contribution in [0.25, 0.3) is 190 Å². The summed E-state index contributed by atoms with van der Waals surface area (Å²) in [7, 11) is 0. The fourth-order valence-corrected chi connectivity index (χ4v) is 19.5. The van der Waals surface area contributed by atoms with Crippen molar-refractivity contribution < 1.29 is 8.83 Å². The van der Waals surface area contributed by atoms with Crippen molar-refractivity contribution in [2.75, 3.05) is 0 Å². The number of fused-ring (bicyclic) bond motifs is 16. The van der Waals surface area contributed by atoms with Gasteiger partial charge in [0.2, 0.25) is 0 Å². The van der Waals surface area contributed by atoms with Gasteiger partial charge in [-0.15, -0.1) is 0 Å². The molecule has 23 rings (SSSR count). The van der Waals surface area contributed by atoms with E-state index in [-0.39, 0.29) is 10.8 Å². The topological polar surface area (TPSA) is 104 Å². The molecular formula is C108H78N6O2. The molecule has 4 aliphatic rings. The van der Waals surface area contributed by atoms with Gasteiger partial charge in [-0.05, 0) is 174 Å². The molecule has 0 saturated heterocycles. The Morgan fingerprint density at radius 2 is 0.466 bits per heavy atom. The van der Waals surface area contributed by atoms with Crippen molar-refractivity contribution in [1.82, 2.24) is 29.9 Å². The van der Waals surface area contributed by atoms with E-state index in [4.69, 9.17) is 38.7 Å². The van der Waals surface area contributed by atoms with Crippen LogP contribution in [0.4, 0.5) is 0 Å². The zero-order chi connectivity index (χ0) is 76.7. The molecule has 4 heterocycles. The van der Waals surface area contributed by atoms with Gasteiger partial charge in [-0.25, -0.2) is 29.9 Å². The molecule has 0 bridgehead atoms. The first kappa shape index (κ1) is 68.7. The van der Waals surface area contributed by atoms with Crippen molar-refractivity contribution in [2.24, 2.45) is 0 Å². The van der Waals surface area contributed by atoms with E-state index >= 15 is 0 Å². The van der Waals surface area contributed by atoms with Crippen molar-refractivity contribution in [3.8, 4) is 146 Å². The van der Waals surface area contributed by atoms with Gasteiger partial charge in [0.15, 0.2) is 34.9 Å². The van der Waals surface area contributed by atoms with Crippen LogP contribution < -0.4 is 0 Å². The highest BCUT2D eigenvalue weighted by molar-refractivity contribution is 6.07. The van der Waals surface area contributed by atoms with Gasteiger partial charge in [-0.1, -0.05) is 342 Å². The summed E-state index contributed by atoms with van der Waals surface area (Å²) < 4.78 is 12.6. The number of rotatable bonds is 11.